The van der Waals surface area contributed by atoms with Crippen LogP contribution in [0.1, 0.15) is 54.1 Å². The standard InChI is InChI=1S/C38H42FN7O6/c1-2-26-23-41-38(42-24-26)45-18-16-27(17-19-45)9-6-20-52-31-14-15-32(33(39)22-31)36(48)40-25-35(47)44-34(21-28-7-4-3-5-8-28)37(49)43-29-10-12-30(13-11-29)46(50)51/h3-5,7-8,10-15,22-24,27,34H,2,6,9,16-21,25H2,1H3,(H,40,48)(H,43,49)(H,44,47)/t34-/m0/s1. The maximum Gasteiger partial charge on any atom is 0.269 e. The molecule has 3 aromatic carbocycles. The van der Waals surface area contributed by atoms with E-state index >= 15 is 0 Å². The van der Waals surface area contributed by atoms with E-state index in [2.05, 4.69) is 37.7 Å². The van der Waals surface area contributed by atoms with Gasteiger partial charge < -0.3 is 25.6 Å². The number of hydrogen-bond acceptors (Lipinski definition) is 9. The van der Waals surface area contributed by atoms with E-state index in [-0.39, 0.29) is 17.7 Å². The molecule has 0 spiro atoms. The number of non-ortho nitro benzene ring substituents is 1. The van der Waals surface area contributed by atoms with E-state index in [0.717, 1.165) is 68.3 Å². The number of aromatic nitrogens is 2. The highest BCUT2D eigenvalue weighted by Gasteiger charge is 2.23. The second kappa shape index (κ2) is 18.4. The smallest absolute Gasteiger partial charge is 0.269 e. The van der Waals surface area contributed by atoms with Crippen molar-refractivity contribution in [2.75, 3.05) is 36.5 Å². The summed E-state index contributed by atoms with van der Waals surface area (Å²) >= 11 is 0. The lowest BCUT2D eigenvalue weighted by Gasteiger charge is -2.32. The van der Waals surface area contributed by atoms with E-state index in [9.17, 15) is 28.9 Å². The lowest BCUT2D eigenvalue weighted by atomic mass is 9.92. The number of aryl methyl sites for hydroxylation is 1. The Hall–Kier alpha value is -5.92. The summed E-state index contributed by atoms with van der Waals surface area (Å²) in [4.78, 5) is 60.4. The highest BCUT2D eigenvalue weighted by molar-refractivity contribution is 5.99. The molecule has 1 aliphatic rings. The number of hydrogen-bond donors (Lipinski definition) is 3. The van der Waals surface area contributed by atoms with Crippen LogP contribution >= 0.6 is 0 Å². The van der Waals surface area contributed by atoms with Crippen molar-refractivity contribution in [3.63, 3.8) is 0 Å². The van der Waals surface area contributed by atoms with Crippen LogP contribution in [0.3, 0.4) is 0 Å². The molecule has 3 amide bonds. The Bertz CT molecular complexity index is 1820. The average Bonchev–Trinajstić information content (AvgIpc) is 3.16. The number of ether oxygens (including phenoxy) is 1. The number of carbonyl (C=O) groups excluding carboxylic acids is 3. The highest BCUT2D eigenvalue weighted by Crippen LogP contribution is 2.25. The number of benzene rings is 3. The van der Waals surface area contributed by atoms with Gasteiger partial charge in [0, 0.05) is 55.8 Å². The Labute approximate surface area is 301 Å². The SMILES string of the molecule is CCc1cnc(N2CCC(CCCOc3ccc(C(=O)NCC(=O)N[C@@H](Cc4ccccc4)C(=O)Nc4ccc([N+](=O)[O-])cc4)c(F)c3)CC2)nc1. The van der Waals surface area contributed by atoms with Crippen LogP contribution in [0.15, 0.2) is 85.2 Å². The summed E-state index contributed by atoms with van der Waals surface area (Å²) in [6.45, 7) is 3.79. The van der Waals surface area contributed by atoms with Crippen LogP contribution in [0, 0.1) is 21.8 Å². The summed E-state index contributed by atoms with van der Waals surface area (Å²) in [5.74, 6) is -1.18. The average molecular weight is 712 g/mol. The Morgan fingerprint density at radius 3 is 2.37 bits per heavy atom. The molecule has 0 bridgehead atoms. The quantitative estimate of drug-likeness (QED) is 0.0798. The molecule has 3 N–H and O–H groups in total. The molecule has 1 saturated heterocycles. The Kier molecular flexibility index (Phi) is 13.2. The van der Waals surface area contributed by atoms with E-state index in [4.69, 9.17) is 4.74 Å². The third kappa shape index (κ3) is 10.8. The molecular formula is C38H42FN7O6. The zero-order valence-electron chi connectivity index (χ0n) is 28.9. The van der Waals surface area contributed by atoms with Crippen LogP contribution in [-0.2, 0) is 22.4 Å². The molecule has 0 radical (unpaired) electrons. The normalized spacial score (nSPS) is 13.5. The van der Waals surface area contributed by atoms with Gasteiger partial charge in [0.15, 0.2) is 0 Å². The van der Waals surface area contributed by atoms with Crippen molar-refractivity contribution in [1.29, 1.82) is 0 Å². The van der Waals surface area contributed by atoms with E-state index in [1.54, 1.807) is 24.3 Å². The Morgan fingerprint density at radius 1 is 1.00 bits per heavy atom. The van der Waals surface area contributed by atoms with Gasteiger partial charge in [0.2, 0.25) is 17.8 Å². The minimum atomic E-state index is -1.04. The Morgan fingerprint density at radius 2 is 1.71 bits per heavy atom. The van der Waals surface area contributed by atoms with Crippen molar-refractivity contribution in [2.45, 2.75) is 51.5 Å². The first kappa shape index (κ1) is 37.3. The van der Waals surface area contributed by atoms with Gasteiger partial charge in [-0.3, -0.25) is 24.5 Å². The van der Waals surface area contributed by atoms with Crippen molar-refractivity contribution in [1.82, 2.24) is 20.6 Å². The molecule has 14 heteroatoms. The number of anilines is 2. The van der Waals surface area contributed by atoms with Crippen LogP contribution in [0.4, 0.5) is 21.7 Å². The monoisotopic (exact) mass is 711 g/mol. The van der Waals surface area contributed by atoms with Crippen molar-refractivity contribution >= 4 is 35.0 Å². The molecule has 0 saturated carbocycles. The zero-order valence-corrected chi connectivity index (χ0v) is 28.9. The summed E-state index contributed by atoms with van der Waals surface area (Å²) in [5.41, 5.74) is 1.81. The summed E-state index contributed by atoms with van der Waals surface area (Å²) < 4.78 is 20.7. The van der Waals surface area contributed by atoms with Crippen LogP contribution in [0.25, 0.3) is 0 Å². The van der Waals surface area contributed by atoms with E-state index in [1.165, 1.54) is 36.4 Å². The number of halogens is 1. The summed E-state index contributed by atoms with van der Waals surface area (Å²) in [6.07, 6.45) is 8.69. The molecule has 5 rings (SSSR count). The maximum absolute atomic E-state index is 14.9. The van der Waals surface area contributed by atoms with Gasteiger partial charge in [-0.2, -0.15) is 0 Å². The lowest BCUT2D eigenvalue weighted by Crippen LogP contribution is -2.48. The molecule has 52 heavy (non-hydrogen) atoms. The molecule has 1 aliphatic heterocycles. The minimum Gasteiger partial charge on any atom is -0.493 e. The first-order valence-corrected chi connectivity index (χ1v) is 17.3. The molecule has 0 unspecified atom stereocenters. The molecule has 1 aromatic heterocycles. The van der Waals surface area contributed by atoms with Gasteiger partial charge in [0.1, 0.15) is 17.6 Å². The van der Waals surface area contributed by atoms with Crippen LogP contribution in [0.5, 0.6) is 5.75 Å². The van der Waals surface area contributed by atoms with Gasteiger partial charge in [-0.05, 0) is 73.4 Å². The number of nitro groups is 1. The maximum atomic E-state index is 14.9. The third-order valence-electron chi connectivity index (χ3n) is 8.90. The lowest BCUT2D eigenvalue weighted by molar-refractivity contribution is -0.384. The number of piperidine rings is 1. The topological polar surface area (TPSA) is 169 Å². The molecule has 1 fully saturated rings. The van der Waals surface area contributed by atoms with Crippen LogP contribution in [-0.4, -0.2) is 64.9 Å². The second-order valence-electron chi connectivity index (χ2n) is 12.6. The van der Waals surface area contributed by atoms with Gasteiger partial charge in [-0.15, -0.1) is 0 Å². The first-order valence-electron chi connectivity index (χ1n) is 17.3. The zero-order chi connectivity index (χ0) is 36.9. The predicted octanol–water partition coefficient (Wildman–Crippen LogP) is 5.26. The summed E-state index contributed by atoms with van der Waals surface area (Å²) in [7, 11) is 0. The van der Waals surface area contributed by atoms with Crippen LogP contribution < -0.4 is 25.6 Å². The van der Waals surface area contributed by atoms with Crippen molar-refractivity contribution in [3.05, 3.63) is 118 Å². The fourth-order valence-corrected chi connectivity index (χ4v) is 5.90. The van der Waals surface area contributed by atoms with Gasteiger partial charge in [0.05, 0.1) is 23.6 Å². The third-order valence-corrected chi connectivity index (χ3v) is 8.90. The highest BCUT2D eigenvalue weighted by atomic mass is 19.1. The minimum absolute atomic E-state index is 0.134. The fraction of sp³-hybridized carbons (Fsp3) is 0.342. The number of nitrogens with one attached hydrogen (secondary N) is 3. The Balaban J connectivity index is 1.05. The van der Waals surface area contributed by atoms with Crippen molar-refractivity contribution in [2.24, 2.45) is 5.92 Å². The molecule has 1 atom stereocenters. The number of carbonyl (C=O) groups is 3. The van der Waals surface area contributed by atoms with E-state index in [0.29, 0.717) is 24.0 Å². The van der Waals surface area contributed by atoms with Gasteiger partial charge >= 0.3 is 0 Å². The molecule has 2 heterocycles. The molecule has 272 valence electrons. The number of nitro benzene ring substituents is 1. The summed E-state index contributed by atoms with van der Waals surface area (Å²) in [5, 5.41) is 18.6. The summed E-state index contributed by atoms with van der Waals surface area (Å²) in [6, 6.07) is 17.2. The fourth-order valence-electron chi connectivity index (χ4n) is 5.90. The second-order valence-corrected chi connectivity index (χ2v) is 12.6. The van der Waals surface area contributed by atoms with Gasteiger partial charge in [0.25, 0.3) is 11.6 Å². The largest absolute Gasteiger partial charge is 0.493 e. The predicted molar refractivity (Wildman–Crippen MR) is 194 cm³/mol. The number of amides is 3. The van der Waals surface area contributed by atoms with Crippen molar-refractivity contribution < 1.29 is 28.4 Å². The molecule has 13 nitrogen and oxygen atoms in total. The molecule has 4 aromatic rings. The number of nitrogens with zero attached hydrogens (tertiary/aromatic N) is 4. The number of rotatable bonds is 16. The van der Waals surface area contributed by atoms with Gasteiger partial charge in [-0.25, -0.2) is 14.4 Å². The first-order chi connectivity index (χ1) is 25.2. The van der Waals surface area contributed by atoms with Gasteiger partial charge in [-0.1, -0.05) is 37.3 Å². The molecular weight excluding hydrogens is 669 g/mol. The molecule has 0 aliphatic carbocycles. The van der Waals surface area contributed by atoms with Crippen molar-refractivity contribution in [3.8, 4) is 5.75 Å². The van der Waals surface area contributed by atoms with E-state index in [1.807, 2.05) is 18.5 Å². The van der Waals surface area contributed by atoms with Crippen LogP contribution in [0.2, 0.25) is 0 Å². The van der Waals surface area contributed by atoms with E-state index < -0.39 is 41.0 Å².